The molecule has 1 aromatic heterocycles. The minimum atomic E-state index is -0.189. The molecule has 1 aromatic rings. The molecule has 2 aliphatic rings. The lowest BCUT2D eigenvalue weighted by Crippen LogP contribution is -2.31. The molecular weight excluding hydrogens is 242 g/mol. The van der Waals surface area contributed by atoms with Crippen LogP contribution in [0, 0.1) is 17.8 Å². The molecule has 1 aliphatic carbocycles. The lowest BCUT2D eigenvalue weighted by atomic mass is 9.76. The van der Waals surface area contributed by atoms with Gasteiger partial charge in [0.2, 0.25) is 11.8 Å². The third-order valence-corrected chi connectivity index (χ3v) is 4.12. The summed E-state index contributed by atoms with van der Waals surface area (Å²) in [5.41, 5.74) is 1.20. The average molecular weight is 259 g/mol. The fourth-order valence-electron chi connectivity index (χ4n) is 3.30. The average Bonchev–Trinajstić information content (AvgIpc) is 2.93. The second kappa shape index (κ2) is 4.37. The van der Waals surface area contributed by atoms with Crippen LogP contribution >= 0.6 is 0 Å². The fourth-order valence-corrected chi connectivity index (χ4v) is 3.30. The Morgan fingerprint density at radius 3 is 2.84 bits per heavy atom. The first-order valence-corrected chi connectivity index (χ1v) is 6.63. The van der Waals surface area contributed by atoms with Crippen LogP contribution < -0.4 is 0 Å². The molecule has 1 fully saturated rings. The molecule has 19 heavy (non-hydrogen) atoms. The molecule has 3 atom stereocenters. The molecule has 2 amide bonds. The van der Waals surface area contributed by atoms with Crippen LogP contribution in [0.2, 0.25) is 0 Å². The van der Waals surface area contributed by atoms with Gasteiger partial charge in [0.15, 0.2) is 0 Å². The van der Waals surface area contributed by atoms with E-state index >= 15 is 0 Å². The predicted octanol–water partition coefficient (Wildman–Crippen LogP) is 2.37. The molecule has 0 unspecified atom stereocenters. The Bertz CT molecular complexity index is 544. The summed E-state index contributed by atoms with van der Waals surface area (Å²) in [5, 5.41) is 0. The van der Waals surface area contributed by atoms with Crippen molar-refractivity contribution in [2.75, 3.05) is 0 Å². The first-order chi connectivity index (χ1) is 9.08. The number of carbonyl (C=O) groups excluding carboxylic acids is 2. The number of carbonyl (C=O) groups is 2. The minimum absolute atomic E-state index is 0.0503. The number of allylic oxidation sites excluding steroid dienone is 2. The maximum atomic E-state index is 12.4. The van der Waals surface area contributed by atoms with Crippen LogP contribution in [0.1, 0.15) is 26.0 Å². The normalized spacial score (nSPS) is 30.5. The van der Waals surface area contributed by atoms with Crippen molar-refractivity contribution in [1.82, 2.24) is 4.90 Å². The number of hydrogen-bond donors (Lipinski definition) is 0. The van der Waals surface area contributed by atoms with Crippen LogP contribution in [0.5, 0.6) is 0 Å². The molecule has 0 saturated carbocycles. The van der Waals surface area contributed by atoms with Gasteiger partial charge in [-0.3, -0.25) is 14.5 Å². The maximum Gasteiger partial charge on any atom is 0.234 e. The summed E-state index contributed by atoms with van der Waals surface area (Å²) in [4.78, 5) is 26.2. The van der Waals surface area contributed by atoms with Crippen molar-refractivity contribution in [3.05, 3.63) is 35.8 Å². The van der Waals surface area contributed by atoms with Gasteiger partial charge in [-0.05, 0) is 31.4 Å². The zero-order chi connectivity index (χ0) is 13.6. The van der Waals surface area contributed by atoms with E-state index in [0.717, 1.165) is 0 Å². The number of likely N-dealkylation sites (tertiary alicyclic amines) is 1. The van der Waals surface area contributed by atoms with Gasteiger partial charge in [-0.25, -0.2) is 0 Å². The number of rotatable bonds is 2. The van der Waals surface area contributed by atoms with Gasteiger partial charge in [0.05, 0.1) is 24.6 Å². The van der Waals surface area contributed by atoms with Crippen molar-refractivity contribution >= 4 is 11.8 Å². The summed E-state index contributed by atoms with van der Waals surface area (Å²) in [6.45, 7) is 4.30. The van der Waals surface area contributed by atoms with Crippen LogP contribution in [0.3, 0.4) is 0 Å². The fraction of sp³-hybridized carbons (Fsp3) is 0.467. The van der Waals surface area contributed by atoms with Crippen molar-refractivity contribution < 1.29 is 14.0 Å². The Hall–Kier alpha value is -1.84. The van der Waals surface area contributed by atoms with Gasteiger partial charge in [0, 0.05) is 0 Å². The van der Waals surface area contributed by atoms with E-state index in [2.05, 4.69) is 6.08 Å². The van der Waals surface area contributed by atoms with E-state index in [1.54, 1.807) is 18.4 Å². The van der Waals surface area contributed by atoms with Crippen molar-refractivity contribution in [2.24, 2.45) is 17.8 Å². The highest BCUT2D eigenvalue weighted by Gasteiger charge is 2.50. The van der Waals surface area contributed by atoms with Gasteiger partial charge < -0.3 is 4.42 Å². The predicted molar refractivity (Wildman–Crippen MR) is 68.8 cm³/mol. The highest BCUT2D eigenvalue weighted by atomic mass is 16.3. The Morgan fingerprint density at radius 2 is 2.16 bits per heavy atom. The Labute approximate surface area is 112 Å². The topological polar surface area (TPSA) is 50.5 Å². The van der Waals surface area contributed by atoms with Crippen molar-refractivity contribution in [3.8, 4) is 0 Å². The Morgan fingerprint density at radius 1 is 1.37 bits per heavy atom. The quantitative estimate of drug-likeness (QED) is 0.605. The maximum absolute atomic E-state index is 12.4. The number of fused-ring (bicyclic) bond motifs is 1. The first-order valence-electron chi connectivity index (χ1n) is 6.63. The van der Waals surface area contributed by atoms with Gasteiger partial charge in [0.25, 0.3) is 0 Å². The Kier molecular flexibility index (Phi) is 2.81. The molecule has 4 nitrogen and oxygen atoms in total. The molecule has 0 N–H and O–H groups in total. The van der Waals surface area contributed by atoms with E-state index < -0.39 is 0 Å². The summed E-state index contributed by atoms with van der Waals surface area (Å²) in [5.74, 6) is 0.316. The van der Waals surface area contributed by atoms with E-state index in [1.165, 1.54) is 10.5 Å². The monoisotopic (exact) mass is 259 g/mol. The number of imide groups is 1. The summed E-state index contributed by atoms with van der Waals surface area (Å²) < 4.78 is 5.23. The van der Waals surface area contributed by atoms with E-state index in [-0.39, 0.29) is 36.1 Å². The smallest absolute Gasteiger partial charge is 0.234 e. The molecule has 0 spiro atoms. The van der Waals surface area contributed by atoms with Gasteiger partial charge >= 0.3 is 0 Å². The minimum Gasteiger partial charge on any atom is -0.467 e. The third kappa shape index (κ3) is 1.91. The van der Waals surface area contributed by atoms with Gasteiger partial charge in [-0.1, -0.05) is 18.6 Å². The zero-order valence-corrected chi connectivity index (χ0v) is 11.1. The number of furan rings is 1. The molecule has 0 aromatic carbocycles. The standard InChI is InChI=1S/C15H17NO3/c1-9-6-10(2)13-12(7-9)14(17)16(15(13)18)8-11-4-3-5-19-11/h3-6,10,12-13H,7-8H2,1-2H3/t10-,12+,13+/m0/s1. The summed E-state index contributed by atoms with van der Waals surface area (Å²) in [6.07, 6.45) is 4.37. The van der Waals surface area contributed by atoms with E-state index in [4.69, 9.17) is 4.42 Å². The van der Waals surface area contributed by atoms with Crippen molar-refractivity contribution in [3.63, 3.8) is 0 Å². The van der Waals surface area contributed by atoms with Crippen LogP contribution in [0.25, 0.3) is 0 Å². The summed E-state index contributed by atoms with van der Waals surface area (Å²) in [6, 6.07) is 3.55. The Balaban J connectivity index is 1.86. The first kappa shape index (κ1) is 12.2. The van der Waals surface area contributed by atoms with Gasteiger partial charge in [-0.15, -0.1) is 0 Å². The van der Waals surface area contributed by atoms with Crippen molar-refractivity contribution in [2.45, 2.75) is 26.8 Å². The highest BCUT2D eigenvalue weighted by Crippen LogP contribution is 2.41. The lowest BCUT2D eigenvalue weighted by Gasteiger charge is -2.25. The lowest BCUT2D eigenvalue weighted by molar-refractivity contribution is -0.141. The number of nitrogens with zero attached hydrogens (tertiary/aromatic N) is 1. The molecule has 0 bridgehead atoms. The van der Waals surface area contributed by atoms with Crippen LogP contribution in [0.4, 0.5) is 0 Å². The van der Waals surface area contributed by atoms with E-state index in [9.17, 15) is 9.59 Å². The second-order valence-corrected chi connectivity index (χ2v) is 5.55. The highest BCUT2D eigenvalue weighted by molar-refractivity contribution is 6.05. The van der Waals surface area contributed by atoms with Crippen LogP contribution in [-0.4, -0.2) is 16.7 Å². The molecule has 2 heterocycles. The van der Waals surface area contributed by atoms with Crippen LogP contribution in [-0.2, 0) is 16.1 Å². The summed E-state index contributed by atoms with van der Waals surface area (Å²) in [7, 11) is 0. The molecular formula is C15H17NO3. The van der Waals surface area contributed by atoms with E-state index in [0.29, 0.717) is 12.2 Å². The molecule has 0 radical (unpaired) electrons. The van der Waals surface area contributed by atoms with Crippen LogP contribution in [0.15, 0.2) is 34.5 Å². The zero-order valence-electron chi connectivity index (χ0n) is 11.1. The molecule has 4 heteroatoms. The SMILES string of the molecule is CC1=C[C@H](C)[C@H]2C(=O)N(Cc3ccco3)C(=O)[C@@H]2C1. The largest absolute Gasteiger partial charge is 0.467 e. The third-order valence-electron chi connectivity index (χ3n) is 4.12. The molecule has 1 aliphatic heterocycles. The van der Waals surface area contributed by atoms with Gasteiger partial charge in [0.1, 0.15) is 5.76 Å². The molecule has 3 rings (SSSR count). The van der Waals surface area contributed by atoms with Crippen molar-refractivity contribution in [1.29, 1.82) is 0 Å². The van der Waals surface area contributed by atoms with E-state index in [1.807, 2.05) is 13.8 Å². The molecule has 100 valence electrons. The second-order valence-electron chi connectivity index (χ2n) is 5.55. The number of amides is 2. The number of hydrogen-bond acceptors (Lipinski definition) is 3. The molecule has 1 saturated heterocycles. The van der Waals surface area contributed by atoms with Gasteiger partial charge in [-0.2, -0.15) is 0 Å². The summed E-state index contributed by atoms with van der Waals surface area (Å²) >= 11 is 0.